The number of aromatic nitrogens is 2. The number of nitrogens with one attached hydrogen (secondary N) is 1. The number of nitrogen functional groups attached to an aromatic ring is 1. The Bertz CT molecular complexity index is 654. The number of benzene rings is 1. The SMILES string of the molecule is CSc1cccc(-c2nc(N)c(N=O)c(=O)[nH]2)c1. The van der Waals surface area contributed by atoms with Crippen molar-refractivity contribution in [1.29, 1.82) is 0 Å². The largest absolute Gasteiger partial charge is 0.382 e. The van der Waals surface area contributed by atoms with E-state index in [9.17, 15) is 9.70 Å². The zero-order chi connectivity index (χ0) is 13.1. The second-order valence-electron chi connectivity index (χ2n) is 3.47. The van der Waals surface area contributed by atoms with Gasteiger partial charge in [-0.05, 0) is 23.6 Å². The molecule has 0 atom stereocenters. The summed E-state index contributed by atoms with van der Waals surface area (Å²) in [4.78, 5) is 29.4. The van der Waals surface area contributed by atoms with Crippen LogP contribution in [0.4, 0.5) is 11.5 Å². The molecule has 0 aliphatic carbocycles. The van der Waals surface area contributed by atoms with Crippen LogP contribution in [0, 0.1) is 4.91 Å². The van der Waals surface area contributed by atoms with Gasteiger partial charge in [0.25, 0.3) is 5.56 Å². The molecule has 0 unspecified atom stereocenters. The molecule has 0 aliphatic heterocycles. The lowest BCUT2D eigenvalue weighted by atomic mass is 10.2. The summed E-state index contributed by atoms with van der Waals surface area (Å²) < 4.78 is 0. The lowest BCUT2D eigenvalue weighted by Gasteiger charge is -2.04. The molecule has 0 amide bonds. The molecule has 7 heteroatoms. The van der Waals surface area contributed by atoms with Gasteiger partial charge in [0.15, 0.2) is 5.82 Å². The predicted molar refractivity (Wildman–Crippen MR) is 71.9 cm³/mol. The molecule has 2 aromatic rings. The molecular formula is C11H10N4O2S. The van der Waals surface area contributed by atoms with Crippen molar-refractivity contribution in [3.63, 3.8) is 0 Å². The highest BCUT2D eigenvalue weighted by atomic mass is 32.2. The molecule has 0 aliphatic rings. The Balaban J connectivity index is 2.58. The number of H-pyrrole nitrogens is 1. The first kappa shape index (κ1) is 12.3. The lowest BCUT2D eigenvalue weighted by Crippen LogP contribution is -2.11. The quantitative estimate of drug-likeness (QED) is 0.651. The third kappa shape index (κ3) is 2.25. The molecule has 0 saturated heterocycles. The van der Waals surface area contributed by atoms with Gasteiger partial charge in [-0.3, -0.25) is 4.79 Å². The lowest BCUT2D eigenvalue weighted by molar-refractivity contribution is 1.12. The van der Waals surface area contributed by atoms with Gasteiger partial charge < -0.3 is 10.7 Å². The van der Waals surface area contributed by atoms with E-state index in [0.29, 0.717) is 5.82 Å². The molecule has 2 rings (SSSR count). The van der Waals surface area contributed by atoms with Crippen molar-refractivity contribution in [2.75, 3.05) is 12.0 Å². The van der Waals surface area contributed by atoms with Crippen molar-refractivity contribution in [3.05, 3.63) is 39.5 Å². The Hall–Kier alpha value is -2.15. The fourth-order valence-electron chi connectivity index (χ4n) is 1.48. The fraction of sp³-hybridized carbons (Fsp3) is 0.0909. The van der Waals surface area contributed by atoms with Crippen molar-refractivity contribution in [1.82, 2.24) is 9.97 Å². The van der Waals surface area contributed by atoms with Gasteiger partial charge in [-0.1, -0.05) is 12.1 Å². The normalized spacial score (nSPS) is 10.3. The van der Waals surface area contributed by atoms with Crippen molar-refractivity contribution in [2.45, 2.75) is 4.90 Å². The van der Waals surface area contributed by atoms with Gasteiger partial charge in [0.05, 0.1) is 0 Å². The van der Waals surface area contributed by atoms with Gasteiger partial charge in [-0.15, -0.1) is 16.7 Å². The number of anilines is 1. The van der Waals surface area contributed by atoms with E-state index < -0.39 is 5.56 Å². The van der Waals surface area contributed by atoms with Gasteiger partial charge in [-0.25, -0.2) is 4.98 Å². The second kappa shape index (κ2) is 5.01. The third-order valence-corrected chi connectivity index (χ3v) is 3.08. The average molecular weight is 262 g/mol. The van der Waals surface area contributed by atoms with Gasteiger partial charge in [0, 0.05) is 10.5 Å². The first-order chi connectivity index (χ1) is 8.65. The maximum Gasteiger partial charge on any atom is 0.282 e. The van der Waals surface area contributed by atoms with Crippen LogP contribution in [0.15, 0.2) is 39.1 Å². The zero-order valence-electron chi connectivity index (χ0n) is 9.51. The molecule has 0 bridgehead atoms. The Morgan fingerprint density at radius 3 is 2.83 bits per heavy atom. The van der Waals surface area contributed by atoms with Crippen LogP contribution in [0.5, 0.6) is 0 Å². The minimum Gasteiger partial charge on any atom is -0.382 e. The summed E-state index contributed by atoms with van der Waals surface area (Å²) in [5.74, 6) is 0.152. The number of nitrogens with zero attached hydrogens (tertiary/aromatic N) is 2. The van der Waals surface area contributed by atoms with Crippen molar-refractivity contribution < 1.29 is 0 Å². The molecular weight excluding hydrogens is 252 g/mol. The van der Waals surface area contributed by atoms with Crippen molar-refractivity contribution in [3.8, 4) is 11.4 Å². The highest BCUT2D eigenvalue weighted by Crippen LogP contribution is 2.23. The van der Waals surface area contributed by atoms with Crippen LogP contribution < -0.4 is 11.3 Å². The Kier molecular flexibility index (Phi) is 3.42. The van der Waals surface area contributed by atoms with E-state index >= 15 is 0 Å². The first-order valence-electron chi connectivity index (χ1n) is 5.03. The number of hydrogen-bond acceptors (Lipinski definition) is 6. The summed E-state index contributed by atoms with van der Waals surface area (Å²) in [7, 11) is 0. The molecule has 0 radical (unpaired) electrons. The van der Waals surface area contributed by atoms with Crippen LogP contribution in [0.2, 0.25) is 0 Å². The molecule has 1 aromatic heterocycles. The van der Waals surface area contributed by atoms with E-state index in [1.807, 2.05) is 24.5 Å². The van der Waals surface area contributed by atoms with Gasteiger partial charge >= 0.3 is 0 Å². The monoisotopic (exact) mass is 262 g/mol. The summed E-state index contributed by atoms with van der Waals surface area (Å²) in [5, 5.41) is 2.55. The molecule has 3 N–H and O–H groups in total. The van der Waals surface area contributed by atoms with Crippen LogP contribution in [0.3, 0.4) is 0 Å². The smallest absolute Gasteiger partial charge is 0.282 e. The van der Waals surface area contributed by atoms with E-state index in [0.717, 1.165) is 10.5 Å². The molecule has 1 heterocycles. The number of nitroso groups, excluding NO2 is 1. The third-order valence-electron chi connectivity index (χ3n) is 2.36. The topological polar surface area (TPSA) is 101 Å². The average Bonchev–Trinajstić information content (AvgIpc) is 2.38. The minimum absolute atomic E-state index is 0.168. The molecule has 0 saturated carbocycles. The Morgan fingerprint density at radius 1 is 1.44 bits per heavy atom. The molecule has 0 spiro atoms. The van der Waals surface area contributed by atoms with E-state index in [2.05, 4.69) is 15.1 Å². The minimum atomic E-state index is -0.637. The number of rotatable bonds is 3. The molecule has 18 heavy (non-hydrogen) atoms. The molecule has 1 aromatic carbocycles. The number of thioether (sulfide) groups is 1. The maximum atomic E-state index is 11.5. The summed E-state index contributed by atoms with van der Waals surface area (Å²) in [6.45, 7) is 0. The Labute approximate surface area is 107 Å². The zero-order valence-corrected chi connectivity index (χ0v) is 10.3. The van der Waals surface area contributed by atoms with Crippen LogP contribution in [-0.4, -0.2) is 16.2 Å². The summed E-state index contributed by atoms with van der Waals surface area (Å²) in [6, 6.07) is 7.46. The van der Waals surface area contributed by atoms with Gasteiger partial charge in [-0.2, -0.15) is 0 Å². The second-order valence-corrected chi connectivity index (χ2v) is 4.35. The summed E-state index contributed by atoms with van der Waals surface area (Å²) in [6.07, 6.45) is 1.95. The van der Waals surface area contributed by atoms with E-state index in [1.54, 1.807) is 17.8 Å². The fourth-order valence-corrected chi connectivity index (χ4v) is 1.94. The molecule has 6 nitrogen and oxygen atoms in total. The number of aromatic amines is 1. The highest BCUT2D eigenvalue weighted by molar-refractivity contribution is 7.98. The van der Waals surface area contributed by atoms with Gasteiger partial charge in [0.2, 0.25) is 5.69 Å². The van der Waals surface area contributed by atoms with Crippen molar-refractivity contribution >= 4 is 23.3 Å². The molecule has 92 valence electrons. The standard InChI is InChI=1S/C11H10N4O2S/c1-18-7-4-2-3-6(5-7)10-13-9(12)8(15-17)11(16)14-10/h2-5H,1H3,(H3,12,13,14,16). The van der Waals surface area contributed by atoms with Crippen LogP contribution >= 0.6 is 11.8 Å². The van der Waals surface area contributed by atoms with Crippen LogP contribution in [0.1, 0.15) is 0 Å². The summed E-state index contributed by atoms with van der Waals surface area (Å²) in [5.41, 5.74) is 5.21. The number of hydrogen-bond donors (Lipinski definition) is 2. The predicted octanol–water partition coefficient (Wildman–Crippen LogP) is 2.14. The van der Waals surface area contributed by atoms with Crippen LogP contribution in [0.25, 0.3) is 11.4 Å². The highest BCUT2D eigenvalue weighted by Gasteiger charge is 2.10. The van der Waals surface area contributed by atoms with Crippen molar-refractivity contribution in [2.24, 2.45) is 5.18 Å². The van der Waals surface area contributed by atoms with E-state index in [-0.39, 0.29) is 11.5 Å². The number of nitrogens with two attached hydrogens (primary N) is 1. The Morgan fingerprint density at radius 2 is 2.22 bits per heavy atom. The van der Waals surface area contributed by atoms with E-state index in [1.165, 1.54) is 0 Å². The maximum absolute atomic E-state index is 11.5. The molecule has 0 fully saturated rings. The summed E-state index contributed by atoms with van der Waals surface area (Å²) >= 11 is 1.57. The first-order valence-corrected chi connectivity index (χ1v) is 6.25. The van der Waals surface area contributed by atoms with Crippen LogP contribution in [-0.2, 0) is 0 Å². The van der Waals surface area contributed by atoms with E-state index in [4.69, 9.17) is 5.73 Å². The van der Waals surface area contributed by atoms with Gasteiger partial charge in [0.1, 0.15) is 5.82 Å².